The molecule has 12 heteroatoms. The highest BCUT2D eigenvalue weighted by Crippen LogP contribution is 2.34. The third-order valence-corrected chi connectivity index (χ3v) is 5.70. The molecular formula is C19H20BrF3N6O2. The van der Waals surface area contributed by atoms with E-state index in [9.17, 15) is 18.0 Å². The van der Waals surface area contributed by atoms with E-state index in [-0.39, 0.29) is 17.0 Å². The van der Waals surface area contributed by atoms with Gasteiger partial charge in [-0.2, -0.15) is 4.98 Å². The lowest BCUT2D eigenvalue weighted by molar-refractivity contribution is -0.275. The summed E-state index contributed by atoms with van der Waals surface area (Å²) in [5.41, 5.74) is 0.349. The molecule has 0 radical (unpaired) electrons. The number of H-pyrrole nitrogens is 1. The fourth-order valence-electron chi connectivity index (χ4n) is 3.69. The van der Waals surface area contributed by atoms with Crippen LogP contribution in [0.15, 0.2) is 33.7 Å². The zero-order valence-electron chi connectivity index (χ0n) is 16.5. The molecule has 0 unspecified atom stereocenters. The number of imidazole rings is 1. The minimum atomic E-state index is -4.86. The molecular weight excluding hydrogens is 481 g/mol. The van der Waals surface area contributed by atoms with Crippen molar-refractivity contribution >= 4 is 33.0 Å². The molecule has 0 bridgehead atoms. The first kappa shape index (κ1) is 21.6. The van der Waals surface area contributed by atoms with Gasteiger partial charge in [-0.3, -0.25) is 4.57 Å². The van der Waals surface area contributed by atoms with Crippen molar-refractivity contribution in [2.75, 3.05) is 25.0 Å². The van der Waals surface area contributed by atoms with E-state index in [1.165, 1.54) is 29.0 Å². The summed E-state index contributed by atoms with van der Waals surface area (Å²) >= 11 is 3.27. The second-order valence-corrected chi connectivity index (χ2v) is 8.29. The van der Waals surface area contributed by atoms with Crippen molar-refractivity contribution in [1.29, 1.82) is 0 Å². The summed E-state index contributed by atoms with van der Waals surface area (Å²) < 4.78 is 44.7. The first-order chi connectivity index (χ1) is 14.7. The third-order valence-electron chi connectivity index (χ3n) is 5.20. The SMILES string of the molecule is C[C@H](c1cc(Br)ccc1OC(F)(F)F)n1c(=O)[nH]c2cnc(NC[C@@H]3CCNC3)nc21. The van der Waals surface area contributed by atoms with E-state index in [0.29, 0.717) is 28.4 Å². The first-order valence-electron chi connectivity index (χ1n) is 9.68. The largest absolute Gasteiger partial charge is 0.573 e. The molecule has 1 aromatic carbocycles. The molecule has 1 saturated heterocycles. The minimum absolute atomic E-state index is 0.180. The van der Waals surface area contributed by atoms with E-state index < -0.39 is 18.1 Å². The number of nitrogens with one attached hydrogen (secondary N) is 3. The maximum absolute atomic E-state index is 12.9. The molecule has 3 heterocycles. The molecule has 1 fully saturated rings. The summed E-state index contributed by atoms with van der Waals surface area (Å²) in [5, 5.41) is 6.46. The van der Waals surface area contributed by atoms with Gasteiger partial charge >= 0.3 is 12.1 Å². The van der Waals surface area contributed by atoms with Crippen LogP contribution in [-0.2, 0) is 0 Å². The molecule has 1 aliphatic heterocycles. The van der Waals surface area contributed by atoms with E-state index in [4.69, 9.17) is 0 Å². The molecule has 0 amide bonds. The maximum atomic E-state index is 12.9. The molecule has 2 aromatic heterocycles. The second kappa shape index (κ2) is 8.50. The van der Waals surface area contributed by atoms with Crippen LogP contribution < -0.4 is 21.1 Å². The number of nitrogens with zero attached hydrogens (tertiary/aromatic N) is 3. The van der Waals surface area contributed by atoms with E-state index >= 15 is 0 Å². The maximum Gasteiger partial charge on any atom is 0.573 e. The summed E-state index contributed by atoms with van der Waals surface area (Å²) in [6.07, 6.45) is -2.33. The lowest BCUT2D eigenvalue weighted by Gasteiger charge is -2.19. The highest BCUT2D eigenvalue weighted by molar-refractivity contribution is 9.10. The number of halogens is 4. The van der Waals surface area contributed by atoms with Crippen molar-refractivity contribution < 1.29 is 17.9 Å². The van der Waals surface area contributed by atoms with E-state index in [0.717, 1.165) is 19.5 Å². The average Bonchev–Trinajstić information content (AvgIpc) is 3.32. The Bertz CT molecular complexity index is 1140. The van der Waals surface area contributed by atoms with Crippen LogP contribution in [0.2, 0.25) is 0 Å². The van der Waals surface area contributed by atoms with Crippen molar-refractivity contribution in [2.45, 2.75) is 25.7 Å². The van der Waals surface area contributed by atoms with Gasteiger partial charge in [0.1, 0.15) is 11.3 Å². The quantitative estimate of drug-likeness (QED) is 0.479. The van der Waals surface area contributed by atoms with Crippen molar-refractivity contribution in [3.05, 3.63) is 44.9 Å². The van der Waals surface area contributed by atoms with Crippen molar-refractivity contribution in [3.8, 4) is 5.75 Å². The Morgan fingerprint density at radius 2 is 2.23 bits per heavy atom. The predicted octanol–water partition coefficient (Wildman–Crippen LogP) is 3.41. The van der Waals surface area contributed by atoms with Crippen LogP contribution in [0.5, 0.6) is 5.75 Å². The number of benzene rings is 1. The summed E-state index contributed by atoms with van der Waals surface area (Å²) in [4.78, 5) is 24.0. The van der Waals surface area contributed by atoms with Gasteiger partial charge in [0.15, 0.2) is 5.65 Å². The smallest absolute Gasteiger partial charge is 0.405 e. The standard InChI is InChI=1S/C19H20BrF3N6O2/c1-10(13-6-12(20)2-3-15(13)31-19(21,22)23)29-16-14(27-18(29)30)9-26-17(28-16)25-8-11-4-5-24-7-11/h2-3,6,9-11,24H,4-5,7-8H2,1H3,(H,27,30)(H,25,26,28)/t10-,11-/m1/s1. The Hall–Kier alpha value is -2.60. The molecule has 166 valence electrons. The van der Waals surface area contributed by atoms with Gasteiger partial charge in [-0.05, 0) is 50.6 Å². The van der Waals surface area contributed by atoms with Gasteiger partial charge in [-0.1, -0.05) is 15.9 Å². The summed E-state index contributed by atoms with van der Waals surface area (Å²) in [5.74, 6) is 0.418. The Labute approximate surface area is 183 Å². The van der Waals surface area contributed by atoms with Gasteiger partial charge in [0.25, 0.3) is 0 Å². The van der Waals surface area contributed by atoms with Gasteiger partial charge in [0.2, 0.25) is 5.95 Å². The number of hydrogen-bond acceptors (Lipinski definition) is 6. The van der Waals surface area contributed by atoms with E-state index in [1.54, 1.807) is 6.92 Å². The molecule has 8 nitrogen and oxygen atoms in total. The average molecular weight is 501 g/mol. The lowest BCUT2D eigenvalue weighted by atomic mass is 10.1. The number of alkyl halides is 3. The normalized spacial score (nSPS) is 17.8. The number of fused-ring (bicyclic) bond motifs is 1. The summed E-state index contributed by atoms with van der Waals surface area (Å²) in [6, 6.07) is 3.35. The van der Waals surface area contributed by atoms with Crippen LogP contribution in [0, 0.1) is 5.92 Å². The van der Waals surface area contributed by atoms with Crippen molar-refractivity contribution in [1.82, 2.24) is 24.8 Å². The molecule has 4 rings (SSSR count). The van der Waals surface area contributed by atoms with Gasteiger partial charge in [-0.25, -0.2) is 9.78 Å². The zero-order chi connectivity index (χ0) is 22.2. The van der Waals surface area contributed by atoms with Crippen LogP contribution in [0.3, 0.4) is 0 Å². The van der Waals surface area contributed by atoms with E-state index in [2.05, 4.69) is 46.3 Å². The number of aromatic amines is 1. The number of ether oxygens (including phenoxy) is 1. The van der Waals surface area contributed by atoms with Crippen LogP contribution in [-0.4, -0.2) is 45.5 Å². The van der Waals surface area contributed by atoms with Crippen LogP contribution in [0.25, 0.3) is 11.2 Å². The van der Waals surface area contributed by atoms with Gasteiger partial charge < -0.3 is 20.4 Å². The number of hydrogen-bond donors (Lipinski definition) is 3. The molecule has 0 saturated carbocycles. The Balaban J connectivity index is 1.70. The van der Waals surface area contributed by atoms with Crippen molar-refractivity contribution in [3.63, 3.8) is 0 Å². The monoisotopic (exact) mass is 500 g/mol. The zero-order valence-corrected chi connectivity index (χ0v) is 18.0. The number of aromatic nitrogens is 4. The van der Waals surface area contributed by atoms with Crippen LogP contribution in [0.4, 0.5) is 19.1 Å². The predicted molar refractivity (Wildman–Crippen MR) is 112 cm³/mol. The second-order valence-electron chi connectivity index (χ2n) is 7.38. The number of anilines is 1. The fourth-order valence-corrected chi connectivity index (χ4v) is 4.07. The fraction of sp³-hybridized carbons (Fsp3) is 0.421. The van der Waals surface area contributed by atoms with Crippen LogP contribution >= 0.6 is 15.9 Å². The highest BCUT2D eigenvalue weighted by Gasteiger charge is 2.33. The Kier molecular flexibility index (Phi) is 5.93. The summed E-state index contributed by atoms with van der Waals surface area (Å²) in [7, 11) is 0. The molecule has 3 N–H and O–H groups in total. The molecule has 2 atom stereocenters. The molecule has 0 spiro atoms. The van der Waals surface area contributed by atoms with E-state index in [1.807, 2.05) is 0 Å². The Morgan fingerprint density at radius 1 is 1.42 bits per heavy atom. The highest BCUT2D eigenvalue weighted by atomic mass is 79.9. The number of rotatable bonds is 6. The van der Waals surface area contributed by atoms with Crippen molar-refractivity contribution in [2.24, 2.45) is 5.92 Å². The Morgan fingerprint density at radius 3 is 2.94 bits per heavy atom. The molecule has 3 aromatic rings. The van der Waals surface area contributed by atoms with Gasteiger partial charge in [0.05, 0.1) is 12.2 Å². The molecule has 0 aliphatic carbocycles. The van der Waals surface area contributed by atoms with Gasteiger partial charge in [0, 0.05) is 16.6 Å². The minimum Gasteiger partial charge on any atom is -0.405 e. The topological polar surface area (TPSA) is 96.9 Å². The molecule has 1 aliphatic rings. The first-order valence-corrected chi connectivity index (χ1v) is 10.5. The molecule has 31 heavy (non-hydrogen) atoms. The third kappa shape index (κ3) is 4.85. The lowest BCUT2D eigenvalue weighted by Crippen LogP contribution is -2.24. The summed E-state index contributed by atoms with van der Waals surface area (Å²) in [6.45, 7) is 4.17. The van der Waals surface area contributed by atoms with Gasteiger partial charge in [-0.15, -0.1) is 13.2 Å². The van der Waals surface area contributed by atoms with Crippen LogP contribution in [0.1, 0.15) is 24.9 Å².